The number of halogens is 1. The fraction of sp³-hybridized carbons (Fsp3) is 0.0556. The number of furan rings is 1. The molecule has 1 amide bonds. The van der Waals surface area contributed by atoms with Crippen molar-refractivity contribution < 1.29 is 13.6 Å². The summed E-state index contributed by atoms with van der Waals surface area (Å²) in [6, 6.07) is 11.6. The number of aromatic nitrogens is 2. The Labute approximate surface area is 144 Å². The van der Waals surface area contributed by atoms with Gasteiger partial charge in [0.05, 0.1) is 5.69 Å². The average molecular weight is 353 g/mol. The largest absolute Gasteiger partial charge is 0.449 e. The predicted molar refractivity (Wildman–Crippen MR) is 92.7 cm³/mol. The Morgan fingerprint density at radius 3 is 2.46 bits per heavy atom. The second-order valence-corrected chi connectivity index (χ2v) is 5.73. The number of nitrogens with two attached hydrogens (primary N) is 1. The number of carbonyl (C=O) groups excluding carboxylic acids is 1. The highest BCUT2D eigenvalue weighted by Gasteiger charge is 2.21. The maximum absolute atomic E-state index is 13.2. The van der Waals surface area contributed by atoms with Crippen LogP contribution in [0.1, 0.15) is 0 Å². The lowest BCUT2D eigenvalue weighted by Gasteiger charge is -2.10. The van der Waals surface area contributed by atoms with E-state index in [1.807, 2.05) is 0 Å². The number of benzene rings is 2. The lowest BCUT2D eigenvalue weighted by atomic mass is 10.2. The minimum absolute atomic E-state index is 0.0867. The van der Waals surface area contributed by atoms with Crippen molar-refractivity contribution in [2.75, 3.05) is 0 Å². The summed E-state index contributed by atoms with van der Waals surface area (Å²) >= 11 is 0. The van der Waals surface area contributed by atoms with Crippen LogP contribution in [0.2, 0.25) is 0 Å². The van der Waals surface area contributed by atoms with Crippen molar-refractivity contribution in [1.29, 1.82) is 0 Å². The molecule has 0 fully saturated rings. The van der Waals surface area contributed by atoms with E-state index in [0.29, 0.717) is 11.0 Å². The maximum Gasteiger partial charge on any atom is 0.336 e. The Kier molecular flexibility index (Phi) is 3.47. The minimum atomic E-state index is -0.764. The third-order valence-corrected chi connectivity index (χ3v) is 4.06. The highest BCUT2D eigenvalue weighted by Crippen LogP contribution is 2.25. The molecule has 7 nitrogen and oxygen atoms in total. The molecule has 8 heteroatoms. The average Bonchev–Trinajstić information content (AvgIpc) is 3.00. The molecule has 2 aromatic heterocycles. The molecule has 4 aromatic rings. The Bertz CT molecular complexity index is 1280. The van der Waals surface area contributed by atoms with Crippen molar-refractivity contribution in [3.8, 4) is 5.69 Å². The van der Waals surface area contributed by atoms with Crippen LogP contribution in [0.15, 0.2) is 62.5 Å². The first-order valence-corrected chi connectivity index (χ1v) is 7.68. The molecule has 0 aliphatic heterocycles. The zero-order chi connectivity index (χ0) is 18.4. The van der Waals surface area contributed by atoms with Crippen LogP contribution in [0.5, 0.6) is 0 Å². The first-order chi connectivity index (χ1) is 12.5. The summed E-state index contributed by atoms with van der Waals surface area (Å²) < 4.78 is 20.7. The lowest BCUT2D eigenvalue weighted by molar-refractivity contribution is -0.118. The van der Waals surface area contributed by atoms with Gasteiger partial charge in [0.15, 0.2) is 0 Å². The zero-order valence-electron chi connectivity index (χ0n) is 13.3. The molecule has 0 bridgehead atoms. The van der Waals surface area contributed by atoms with E-state index in [1.54, 1.807) is 24.3 Å². The molecule has 2 aromatic carbocycles. The summed E-state index contributed by atoms with van der Waals surface area (Å²) in [6.45, 7) is -0.430. The van der Waals surface area contributed by atoms with E-state index in [1.165, 1.54) is 12.1 Å². The fourth-order valence-electron chi connectivity index (χ4n) is 2.97. The molecule has 0 aliphatic carbocycles. The van der Waals surface area contributed by atoms with Gasteiger partial charge in [-0.2, -0.15) is 0 Å². The molecule has 0 aliphatic rings. The van der Waals surface area contributed by atoms with E-state index in [-0.39, 0.29) is 16.8 Å². The molecule has 0 radical (unpaired) electrons. The molecular weight excluding hydrogens is 341 g/mol. The molecule has 0 saturated heterocycles. The Morgan fingerprint density at radius 2 is 1.77 bits per heavy atom. The normalized spacial score (nSPS) is 11.3. The van der Waals surface area contributed by atoms with Gasteiger partial charge in [0.25, 0.3) is 0 Å². The number of para-hydroxylation sites is 1. The number of carbonyl (C=O) groups is 1. The number of primary amides is 1. The molecule has 4 rings (SSSR count). The molecular formula is C18H12FN3O4. The molecule has 0 spiro atoms. The summed E-state index contributed by atoms with van der Waals surface area (Å²) in [5.41, 5.74) is 4.48. The second-order valence-electron chi connectivity index (χ2n) is 5.73. The van der Waals surface area contributed by atoms with Crippen LogP contribution in [0.25, 0.3) is 27.8 Å². The summed E-state index contributed by atoms with van der Waals surface area (Å²) in [5.74, 6) is -1.26. The van der Waals surface area contributed by atoms with Crippen molar-refractivity contribution in [3.63, 3.8) is 0 Å². The monoisotopic (exact) mass is 353 g/mol. The van der Waals surface area contributed by atoms with Crippen LogP contribution < -0.4 is 17.0 Å². The van der Waals surface area contributed by atoms with Crippen molar-refractivity contribution in [3.05, 3.63) is 75.2 Å². The number of hydrogen-bond acceptors (Lipinski definition) is 4. The van der Waals surface area contributed by atoms with Crippen molar-refractivity contribution >= 4 is 28.0 Å². The van der Waals surface area contributed by atoms with Gasteiger partial charge < -0.3 is 10.2 Å². The molecule has 2 heterocycles. The molecule has 130 valence electrons. The first kappa shape index (κ1) is 15.8. The summed E-state index contributed by atoms with van der Waals surface area (Å²) in [4.78, 5) is 37.3. The predicted octanol–water partition coefficient (Wildman–Crippen LogP) is 1.52. The summed E-state index contributed by atoms with van der Waals surface area (Å²) in [5, 5.41) is 0.518. The molecule has 0 unspecified atom stereocenters. The topological polar surface area (TPSA) is 100 Å². The molecule has 2 N–H and O–H groups in total. The van der Waals surface area contributed by atoms with E-state index < -0.39 is 29.5 Å². The highest BCUT2D eigenvalue weighted by atomic mass is 19.1. The standard InChI is InChI=1S/C18H12FN3O4/c19-10-5-7-11(8-6-10)22-17(24)16-15(21(18(22)25)9-14(20)23)12-3-1-2-4-13(12)26-16/h1-8H,9H2,(H2,20,23). The molecule has 0 saturated carbocycles. The van der Waals surface area contributed by atoms with Crippen LogP contribution >= 0.6 is 0 Å². The van der Waals surface area contributed by atoms with Crippen LogP contribution in [-0.4, -0.2) is 15.0 Å². The zero-order valence-corrected chi connectivity index (χ0v) is 13.3. The Morgan fingerprint density at radius 1 is 1.08 bits per heavy atom. The van der Waals surface area contributed by atoms with Gasteiger partial charge in [0, 0.05) is 5.39 Å². The highest BCUT2D eigenvalue weighted by molar-refractivity contribution is 6.02. The van der Waals surface area contributed by atoms with Gasteiger partial charge >= 0.3 is 11.2 Å². The molecule has 26 heavy (non-hydrogen) atoms. The number of amides is 1. The quantitative estimate of drug-likeness (QED) is 0.603. The molecule has 0 atom stereocenters. The van der Waals surface area contributed by atoms with Gasteiger partial charge in [-0.1, -0.05) is 12.1 Å². The Hall–Kier alpha value is -3.68. The van der Waals surface area contributed by atoms with Crippen LogP contribution in [0, 0.1) is 5.82 Å². The lowest BCUT2D eigenvalue weighted by Crippen LogP contribution is -2.40. The number of nitrogens with zero attached hydrogens (tertiary/aromatic N) is 2. The second kappa shape index (κ2) is 5.69. The van der Waals surface area contributed by atoms with E-state index in [0.717, 1.165) is 21.3 Å². The third kappa shape index (κ3) is 2.31. The van der Waals surface area contributed by atoms with Gasteiger partial charge in [0.1, 0.15) is 23.5 Å². The third-order valence-electron chi connectivity index (χ3n) is 4.06. The van der Waals surface area contributed by atoms with E-state index in [4.69, 9.17) is 10.2 Å². The van der Waals surface area contributed by atoms with Crippen LogP contribution in [0.3, 0.4) is 0 Å². The smallest absolute Gasteiger partial charge is 0.336 e. The number of rotatable bonds is 3. The summed E-state index contributed by atoms with van der Waals surface area (Å²) in [7, 11) is 0. The van der Waals surface area contributed by atoms with Crippen LogP contribution in [-0.2, 0) is 11.3 Å². The van der Waals surface area contributed by atoms with Gasteiger partial charge in [-0.3, -0.25) is 14.2 Å². The fourth-order valence-corrected chi connectivity index (χ4v) is 2.97. The van der Waals surface area contributed by atoms with Crippen molar-refractivity contribution in [1.82, 2.24) is 9.13 Å². The van der Waals surface area contributed by atoms with E-state index in [2.05, 4.69) is 0 Å². The van der Waals surface area contributed by atoms with E-state index >= 15 is 0 Å². The summed E-state index contributed by atoms with van der Waals surface area (Å²) in [6.07, 6.45) is 0. The van der Waals surface area contributed by atoms with Crippen molar-refractivity contribution in [2.24, 2.45) is 5.73 Å². The number of hydrogen-bond donors (Lipinski definition) is 1. The number of fused-ring (bicyclic) bond motifs is 3. The van der Waals surface area contributed by atoms with Gasteiger partial charge in [-0.25, -0.2) is 13.8 Å². The van der Waals surface area contributed by atoms with E-state index in [9.17, 15) is 18.8 Å². The van der Waals surface area contributed by atoms with Crippen LogP contribution in [0.4, 0.5) is 4.39 Å². The Balaban J connectivity index is 2.19. The maximum atomic E-state index is 13.2. The van der Waals surface area contributed by atoms with Gasteiger partial charge in [-0.15, -0.1) is 0 Å². The van der Waals surface area contributed by atoms with Gasteiger partial charge in [0.2, 0.25) is 11.5 Å². The van der Waals surface area contributed by atoms with Gasteiger partial charge in [-0.05, 0) is 36.4 Å². The first-order valence-electron chi connectivity index (χ1n) is 7.68. The minimum Gasteiger partial charge on any atom is -0.449 e. The SMILES string of the molecule is NC(=O)Cn1c(=O)n(-c2ccc(F)cc2)c(=O)c2oc3ccccc3c21. The van der Waals surface area contributed by atoms with Crippen molar-refractivity contribution in [2.45, 2.75) is 6.54 Å².